The van der Waals surface area contributed by atoms with Crippen molar-refractivity contribution in [1.82, 2.24) is 14.9 Å². The van der Waals surface area contributed by atoms with E-state index >= 15 is 0 Å². The number of benzene rings is 3. The molecule has 1 unspecified atom stereocenters. The number of hydrogen-bond acceptors (Lipinski definition) is 4. The Bertz CT molecular complexity index is 1560. The van der Waals surface area contributed by atoms with E-state index in [9.17, 15) is 22.4 Å². The number of nitrogens with one attached hydrogen (secondary N) is 2. The summed E-state index contributed by atoms with van der Waals surface area (Å²) in [5, 5.41) is 5.90. The van der Waals surface area contributed by atoms with Crippen LogP contribution in [0.2, 0.25) is 0 Å². The molecule has 1 amide bonds. The number of anilines is 1. The standard InChI is InChI=1S/C30H30F4N4O2/c1-17-12-22(7-8-23(17)29(39)37-21-5-6-21)38-16-36-28-25(35-11-10-30(32,33)34)14-20(15-26(28)38)18(2)19-4-9-27(40-3)24(31)13-19/h4,7-9,12-16,18,21,35H,5-6,10-11H2,1-3H3,(H,37,39). The number of fused-ring (bicyclic) bond motifs is 1. The summed E-state index contributed by atoms with van der Waals surface area (Å²) in [6.45, 7) is 3.45. The van der Waals surface area contributed by atoms with Crippen LogP contribution in [0.5, 0.6) is 5.75 Å². The van der Waals surface area contributed by atoms with E-state index in [1.54, 1.807) is 30.6 Å². The molecule has 10 heteroatoms. The van der Waals surface area contributed by atoms with Gasteiger partial charge < -0.3 is 15.4 Å². The van der Waals surface area contributed by atoms with Gasteiger partial charge in [-0.15, -0.1) is 0 Å². The van der Waals surface area contributed by atoms with E-state index in [1.807, 2.05) is 36.6 Å². The van der Waals surface area contributed by atoms with Gasteiger partial charge in [0.05, 0.1) is 24.7 Å². The number of aromatic nitrogens is 2. The number of halogens is 4. The van der Waals surface area contributed by atoms with E-state index in [0.717, 1.165) is 29.7 Å². The van der Waals surface area contributed by atoms with E-state index in [0.29, 0.717) is 27.8 Å². The molecular weight excluding hydrogens is 524 g/mol. The Labute approximate surface area is 229 Å². The van der Waals surface area contributed by atoms with Crippen LogP contribution in [-0.2, 0) is 0 Å². The third-order valence-electron chi connectivity index (χ3n) is 7.22. The predicted octanol–water partition coefficient (Wildman–Crippen LogP) is 6.89. The Morgan fingerprint density at radius 3 is 2.55 bits per heavy atom. The van der Waals surface area contributed by atoms with Gasteiger partial charge in [0.15, 0.2) is 11.6 Å². The number of aryl methyl sites for hydroxylation is 1. The van der Waals surface area contributed by atoms with Crippen LogP contribution in [-0.4, -0.2) is 41.3 Å². The maximum atomic E-state index is 14.5. The molecule has 0 radical (unpaired) electrons. The van der Waals surface area contributed by atoms with Crippen LogP contribution >= 0.6 is 0 Å². The average Bonchev–Trinajstić information content (AvgIpc) is 3.61. The summed E-state index contributed by atoms with van der Waals surface area (Å²) in [7, 11) is 1.39. The highest BCUT2D eigenvalue weighted by molar-refractivity contribution is 5.96. The first-order chi connectivity index (χ1) is 19.0. The van der Waals surface area contributed by atoms with Crippen molar-refractivity contribution in [2.45, 2.75) is 51.2 Å². The molecule has 1 atom stereocenters. The van der Waals surface area contributed by atoms with E-state index in [2.05, 4.69) is 15.6 Å². The SMILES string of the molecule is COc1ccc(C(C)c2cc(NCCC(F)(F)F)c3ncn(-c4ccc(C(=O)NC5CC5)c(C)c4)c3c2)cc1F. The van der Waals surface area contributed by atoms with E-state index in [-0.39, 0.29) is 30.2 Å². The van der Waals surface area contributed by atoms with Gasteiger partial charge in [0.25, 0.3) is 5.91 Å². The van der Waals surface area contributed by atoms with Crippen molar-refractivity contribution in [1.29, 1.82) is 0 Å². The Balaban J connectivity index is 1.54. The summed E-state index contributed by atoms with van der Waals surface area (Å²) >= 11 is 0. The Morgan fingerprint density at radius 2 is 1.90 bits per heavy atom. The summed E-state index contributed by atoms with van der Waals surface area (Å²) in [6.07, 6.45) is -1.70. The molecule has 1 aromatic heterocycles. The highest BCUT2D eigenvalue weighted by atomic mass is 19.4. The zero-order valence-corrected chi connectivity index (χ0v) is 22.4. The number of methoxy groups -OCH3 is 1. The van der Waals surface area contributed by atoms with E-state index in [1.165, 1.54) is 13.2 Å². The van der Waals surface area contributed by atoms with Crippen molar-refractivity contribution in [2.24, 2.45) is 0 Å². The molecule has 2 N–H and O–H groups in total. The van der Waals surface area contributed by atoms with Crippen molar-refractivity contribution < 1.29 is 27.1 Å². The number of ether oxygens (including phenoxy) is 1. The van der Waals surface area contributed by atoms with Gasteiger partial charge in [-0.3, -0.25) is 9.36 Å². The minimum absolute atomic E-state index is 0.110. The van der Waals surface area contributed by atoms with E-state index < -0.39 is 18.4 Å². The Hall–Kier alpha value is -4.08. The number of imidazole rings is 1. The molecule has 1 fully saturated rings. The lowest BCUT2D eigenvalue weighted by Crippen LogP contribution is -2.26. The monoisotopic (exact) mass is 554 g/mol. The fourth-order valence-electron chi connectivity index (χ4n) is 4.75. The molecule has 210 valence electrons. The first-order valence-electron chi connectivity index (χ1n) is 13.1. The second kappa shape index (κ2) is 10.8. The fraction of sp³-hybridized carbons (Fsp3) is 0.333. The van der Waals surface area contributed by atoms with Gasteiger partial charge in [0.1, 0.15) is 11.8 Å². The number of alkyl halides is 3. The molecule has 0 aliphatic heterocycles. The first kappa shape index (κ1) is 27.5. The number of carbonyl (C=O) groups excluding carboxylic acids is 1. The zero-order chi connectivity index (χ0) is 28.6. The molecule has 1 aliphatic rings. The summed E-state index contributed by atoms with van der Waals surface area (Å²) in [4.78, 5) is 17.1. The number of amides is 1. The third kappa shape index (κ3) is 5.90. The topological polar surface area (TPSA) is 68.2 Å². The minimum Gasteiger partial charge on any atom is -0.494 e. The number of hydrogen-bond donors (Lipinski definition) is 2. The van der Waals surface area contributed by atoms with E-state index in [4.69, 9.17) is 4.74 Å². The molecule has 1 saturated carbocycles. The van der Waals surface area contributed by atoms with Gasteiger partial charge in [-0.05, 0) is 78.9 Å². The zero-order valence-electron chi connectivity index (χ0n) is 22.4. The second-order valence-electron chi connectivity index (χ2n) is 10.2. The summed E-state index contributed by atoms with van der Waals surface area (Å²) in [5.41, 5.74) is 5.22. The van der Waals surface area contributed by atoms with Crippen molar-refractivity contribution in [3.63, 3.8) is 0 Å². The second-order valence-corrected chi connectivity index (χ2v) is 10.2. The molecular formula is C30H30F4N4O2. The van der Waals surface area contributed by atoms with Crippen LogP contribution in [0, 0.1) is 12.7 Å². The Morgan fingerprint density at radius 1 is 1.12 bits per heavy atom. The normalized spacial score (nSPS) is 14.3. The molecule has 1 aliphatic carbocycles. The third-order valence-corrected chi connectivity index (χ3v) is 7.22. The highest BCUT2D eigenvalue weighted by Gasteiger charge is 2.27. The molecule has 4 aromatic rings. The van der Waals surface area contributed by atoms with Crippen LogP contribution in [0.3, 0.4) is 0 Å². The van der Waals surface area contributed by atoms with Gasteiger partial charge in [-0.1, -0.05) is 13.0 Å². The van der Waals surface area contributed by atoms with Gasteiger partial charge in [0, 0.05) is 29.8 Å². The lowest BCUT2D eigenvalue weighted by Gasteiger charge is -2.17. The smallest absolute Gasteiger partial charge is 0.390 e. The molecule has 1 heterocycles. The molecule has 0 saturated heterocycles. The molecule has 3 aromatic carbocycles. The predicted molar refractivity (Wildman–Crippen MR) is 146 cm³/mol. The fourth-order valence-corrected chi connectivity index (χ4v) is 4.75. The van der Waals surface area contributed by atoms with Crippen molar-refractivity contribution in [2.75, 3.05) is 19.0 Å². The molecule has 6 nitrogen and oxygen atoms in total. The van der Waals surface area contributed by atoms with Gasteiger partial charge in [-0.2, -0.15) is 13.2 Å². The summed E-state index contributed by atoms with van der Waals surface area (Å²) in [6, 6.07) is 14.1. The molecule has 0 bridgehead atoms. The quantitative estimate of drug-likeness (QED) is 0.221. The number of nitrogens with zero attached hydrogens (tertiary/aromatic N) is 2. The molecule has 0 spiro atoms. The lowest BCUT2D eigenvalue weighted by molar-refractivity contribution is -0.131. The summed E-state index contributed by atoms with van der Waals surface area (Å²) in [5.74, 6) is -0.765. The molecule has 40 heavy (non-hydrogen) atoms. The van der Waals surface area contributed by atoms with Gasteiger partial charge in [0.2, 0.25) is 0 Å². The number of rotatable bonds is 9. The van der Waals surface area contributed by atoms with Crippen molar-refractivity contribution in [3.05, 3.63) is 82.9 Å². The Kier molecular flexibility index (Phi) is 7.44. The van der Waals surface area contributed by atoms with Crippen molar-refractivity contribution >= 4 is 22.6 Å². The van der Waals surface area contributed by atoms with Crippen molar-refractivity contribution in [3.8, 4) is 11.4 Å². The van der Waals surface area contributed by atoms with Gasteiger partial charge in [-0.25, -0.2) is 9.37 Å². The van der Waals surface area contributed by atoms with Crippen LogP contribution in [0.4, 0.5) is 23.2 Å². The maximum Gasteiger partial charge on any atom is 0.390 e. The highest BCUT2D eigenvalue weighted by Crippen LogP contribution is 2.35. The first-order valence-corrected chi connectivity index (χ1v) is 13.1. The van der Waals surface area contributed by atoms with Crippen LogP contribution in [0.15, 0.2) is 54.9 Å². The lowest BCUT2D eigenvalue weighted by atomic mass is 9.92. The summed E-state index contributed by atoms with van der Waals surface area (Å²) < 4.78 is 60.0. The maximum absolute atomic E-state index is 14.5. The van der Waals surface area contributed by atoms with Gasteiger partial charge >= 0.3 is 6.18 Å². The van der Waals surface area contributed by atoms with Crippen LogP contribution in [0.1, 0.15) is 59.2 Å². The van der Waals surface area contributed by atoms with Crippen LogP contribution < -0.4 is 15.4 Å². The van der Waals surface area contributed by atoms with Crippen LogP contribution in [0.25, 0.3) is 16.7 Å². The number of carbonyl (C=O) groups is 1. The molecule has 5 rings (SSSR count). The minimum atomic E-state index is -4.30. The average molecular weight is 555 g/mol. The largest absolute Gasteiger partial charge is 0.494 e.